The fourth-order valence-corrected chi connectivity index (χ4v) is 3.71. The number of carbonyl (C=O) groups excluding carboxylic acids is 2. The van der Waals surface area contributed by atoms with E-state index in [1.54, 1.807) is 18.2 Å². The maximum absolute atomic E-state index is 12.8. The molecule has 0 fully saturated rings. The van der Waals surface area contributed by atoms with Gasteiger partial charge in [-0.1, -0.05) is 36.4 Å². The highest BCUT2D eigenvalue weighted by molar-refractivity contribution is 7.17. The van der Waals surface area contributed by atoms with E-state index < -0.39 is 0 Å². The standard InChI is InChI=1S/C18H11NO3S/c1-22-12-9-5-8-11-13(12)16(21)17-14(15(11)20)19-18(23-17)10-6-3-2-4-7-10/h2-9H,1H3. The van der Waals surface area contributed by atoms with Crippen molar-refractivity contribution in [1.82, 2.24) is 4.98 Å². The number of methoxy groups -OCH3 is 1. The van der Waals surface area contributed by atoms with Crippen LogP contribution in [0.5, 0.6) is 5.75 Å². The number of ketones is 2. The van der Waals surface area contributed by atoms with E-state index in [9.17, 15) is 9.59 Å². The molecule has 0 bridgehead atoms. The molecule has 2 aromatic carbocycles. The lowest BCUT2D eigenvalue weighted by Crippen LogP contribution is -2.20. The first-order valence-electron chi connectivity index (χ1n) is 7.03. The average molecular weight is 321 g/mol. The van der Waals surface area contributed by atoms with Crippen LogP contribution >= 0.6 is 11.3 Å². The van der Waals surface area contributed by atoms with Crippen LogP contribution in [0.4, 0.5) is 0 Å². The van der Waals surface area contributed by atoms with Crippen LogP contribution in [-0.2, 0) is 0 Å². The molecule has 1 aliphatic carbocycles. The van der Waals surface area contributed by atoms with Crippen molar-refractivity contribution in [3.8, 4) is 16.3 Å². The SMILES string of the molecule is COc1cccc2c1C(=O)c1sc(-c3ccccc3)nc1C2=O. The van der Waals surface area contributed by atoms with Gasteiger partial charge in [-0.3, -0.25) is 9.59 Å². The average Bonchev–Trinajstić information content (AvgIpc) is 3.05. The Bertz CT molecular complexity index is 944. The molecular weight excluding hydrogens is 310 g/mol. The summed E-state index contributed by atoms with van der Waals surface area (Å²) in [4.78, 5) is 30.3. The Balaban J connectivity index is 1.92. The lowest BCUT2D eigenvalue weighted by Gasteiger charge is -2.15. The molecule has 0 atom stereocenters. The molecule has 4 nitrogen and oxygen atoms in total. The van der Waals surface area contributed by atoms with Crippen molar-refractivity contribution in [1.29, 1.82) is 0 Å². The molecule has 3 aromatic rings. The number of thiazole rings is 1. The molecule has 0 radical (unpaired) electrons. The van der Waals surface area contributed by atoms with Crippen molar-refractivity contribution < 1.29 is 14.3 Å². The zero-order valence-electron chi connectivity index (χ0n) is 12.2. The highest BCUT2D eigenvalue weighted by Gasteiger charge is 2.35. The normalized spacial score (nSPS) is 12.7. The minimum atomic E-state index is -0.230. The third-order valence-corrected chi connectivity index (χ3v) is 4.89. The molecule has 0 spiro atoms. The highest BCUT2D eigenvalue weighted by Crippen LogP contribution is 2.38. The Hall–Kier alpha value is -2.79. The molecule has 1 aromatic heterocycles. The van der Waals surface area contributed by atoms with Gasteiger partial charge in [0.15, 0.2) is 0 Å². The Morgan fingerprint density at radius 1 is 0.957 bits per heavy atom. The molecule has 1 heterocycles. The fraction of sp³-hybridized carbons (Fsp3) is 0.0556. The van der Waals surface area contributed by atoms with Gasteiger partial charge in [-0.25, -0.2) is 4.98 Å². The van der Waals surface area contributed by atoms with Crippen LogP contribution in [0.2, 0.25) is 0 Å². The first-order chi connectivity index (χ1) is 11.2. The van der Waals surface area contributed by atoms with E-state index in [-0.39, 0.29) is 17.3 Å². The quantitative estimate of drug-likeness (QED) is 0.566. The molecule has 23 heavy (non-hydrogen) atoms. The van der Waals surface area contributed by atoms with E-state index >= 15 is 0 Å². The van der Waals surface area contributed by atoms with Crippen LogP contribution in [0.3, 0.4) is 0 Å². The van der Waals surface area contributed by atoms with Crippen molar-refractivity contribution in [2.75, 3.05) is 7.11 Å². The summed E-state index contributed by atoms with van der Waals surface area (Å²) < 4.78 is 5.25. The monoisotopic (exact) mass is 321 g/mol. The summed E-state index contributed by atoms with van der Waals surface area (Å²) in [5.74, 6) is -0.0141. The minimum Gasteiger partial charge on any atom is -0.496 e. The number of carbonyl (C=O) groups is 2. The molecule has 0 N–H and O–H groups in total. The molecule has 5 heteroatoms. The number of aromatic nitrogens is 1. The lowest BCUT2D eigenvalue weighted by molar-refractivity contribution is 0.0976. The second-order valence-electron chi connectivity index (χ2n) is 5.10. The minimum absolute atomic E-state index is 0.202. The van der Waals surface area contributed by atoms with E-state index in [1.165, 1.54) is 18.4 Å². The van der Waals surface area contributed by atoms with E-state index in [4.69, 9.17) is 4.74 Å². The Morgan fingerprint density at radius 2 is 1.74 bits per heavy atom. The number of hydrogen-bond donors (Lipinski definition) is 0. The maximum atomic E-state index is 12.8. The molecule has 0 amide bonds. The van der Waals surface area contributed by atoms with Crippen LogP contribution in [0.15, 0.2) is 48.5 Å². The summed E-state index contributed by atoms with van der Waals surface area (Å²) in [7, 11) is 1.49. The van der Waals surface area contributed by atoms with Gasteiger partial charge in [0.2, 0.25) is 11.6 Å². The highest BCUT2D eigenvalue weighted by atomic mass is 32.1. The van der Waals surface area contributed by atoms with Crippen LogP contribution in [0.25, 0.3) is 10.6 Å². The summed E-state index contributed by atoms with van der Waals surface area (Å²) in [6, 6.07) is 14.6. The van der Waals surface area contributed by atoms with Crippen molar-refractivity contribution >= 4 is 22.9 Å². The molecule has 0 saturated carbocycles. The topological polar surface area (TPSA) is 56.3 Å². The predicted octanol–water partition coefficient (Wildman–Crippen LogP) is 3.59. The summed E-state index contributed by atoms with van der Waals surface area (Å²) >= 11 is 1.25. The number of fused-ring (bicyclic) bond motifs is 2. The zero-order chi connectivity index (χ0) is 16.0. The number of nitrogens with zero attached hydrogens (tertiary/aromatic N) is 1. The molecule has 112 valence electrons. The zero-order valence-corrected chi connectivity index (χ0v) is 13.0. The van der Waals surface area contributed by atoms with Gasteiger partial charge in [0.1, 0.15) is 21.3 Å². The summed E-state index contributed by atoms with van der Waals surface area (Å²) in [5.41, 5.74) is 1.81. The summed E-state index contributed by atoms with van der Waals surface area (Å²) in [5, 5.41) is 0.670. The third kappa shape index (κ3) is 2.01. The number of ether oxygens (including phenoxy) is 1. The van der Waals surface area contributed by atoms with Crippen LogP contribution in [0.1, 0.15) is 31.3 Å². The van der Waals surface area contributed by atoms with E-state index in [2.05, 4.69) is 4.98 Å². The van der Waals surface area contributed by atoms with Gasteiger partial charge < -0.3 is 4.74 Å². The van der Waals surface area contributed by atoms with Crippen molar-refractivity contribution in [2.24, 2.45) is 0 Å². The van der Waals surface area contributed by atoms with E-state index in [1.807, 2.05) is 30.3 Å². The van der Waals surface area contributed by atoms with Crippen LogP contribution in [-0.4, -0.2) is 23.7 Å². The molecule has 0 saturated heterocycles. The van der Waals surface area contributed by atoms with Crippen molar-refractivity contribution in [3.63, 3.8) is 0 Å². The van der Waals surface area contributed by atoms with Gasteiger partial charge >= 0.3 is 0 Å². The van der Waals surface area contributed by atoms with Gasteiger partial charge in [-0.15, -0.1) is 11.3 Å². The van der Waals surface area contributed by atoms with Crippen LogP contribution < -0.4 is 4.74 Å². The lowest BCUT2D eigenvalue weighted by atomic mass is 9.90. The smallest absolute Gasteiger partial charge is 0.213 e. The van der Waals surface area contributed by atoms with Gasteiger partial charge in [0.25, 0.3) is 0 Å². The Kier molecular flexibility index (Phi) is 3.09. The second-order valence-corrected chi connectivity index (χ2v) is 6.10. The van der Waals surface area contributed by atoms with Crippen molar-refractivity contribution in [2.45, 2.75) is 0 Å². The largest absolute Gasteiger partial charge is 0.496 e. The van der Waals surface area contributed by atoms with E-state index in [0.717, 1.165) is 5.56 Å². The Morgan fingerprint density at radius 3 is 2.48 bits per heavy atom. The molecular formula is C18H11NO3S. The van der Waals surface area contributed by atoms with Gasteiger partial charge in [0.05, 0.1) is 12.7 Å². The molecule has 1 aliphatic rings. The number of benzene rings is 2. The Labute approximate surface area is 136 Å². The third-order valence-electron chi connectivity index (χ3n) is 3.79. The van der Waals surface area contributed by atoms with Crippen LogP contribution in [0, 0.1) is 0 Å². The first kappa shape index (κ1) is 13.8. The molecule has 0 unspecified atom stereocenters. The molecule has 4 rings (SSSR count). The second kappa shape index (κ2) is 5.14. The van der Waals surface area contributed by atoms with Gasteiger partial charge in [0, 0.05) is 11.1 Å². The first-order valence-corrected chi connectivity index (χ1v) is 7.85. The number of rotatable bonds is 2. The predicted molar refractivity (Wildman–Crippen MR) is 87.4 cm³/mol. The van der Waals surface area contributed by atoms with Gasteiger partial charge in [-0.05, 0) is 12.1 Å². The fourth-order valence-electron chi connectivity index (χ4n) is 2.70. The summed E-state index contributed by atoms with van der Waals surface area (Å²) in [6.07, 6.45) is 0. The molecule has 0 aliphatic heterocycles. The maximum Gasteiger partial charge on any atom is 0.213 e. The van der Waals surface area contributed by atoms with E-state index in [0.29, 0.717) is 26.8 Å². The summed E-state index contributed by atoms with van der Waals surface area (Å²) in [6.45, 7) is 0. The van der Waals surface area contributed by atoms with Gasteiger partial charge in [-0.2, -0.15) is 0 Å². The van der Waals surface area contributed by atoms with Crippen molar-refractivity contribution in [3.05, 3.63) is 70.2 Å². The number of hydrogen-bond acceptors (Lipinski definition) is 5.